The molecule has 1 fully saturated rings. The molecule has 1 atom stereocenters. The fraction of sp³-hybridized carbons (Fsp3) is 0.320. The predicted octanol–water partition coefficient (Wildman–Crippen LogP) is 3.70. The first-order valence-electron chi connectivity index (χ1n) is 10.5. The van der Waals surface area contributed by atoms with Gasteiger partial charge in [0.15, 0.2) is 5.82 Å². The molecule has 2 aliphatic rings. The number of ether oxygens (including phenoxy) is 1. The van der Waals surface area contributed by atoms with E-state index in [1.807, 2.05) is 72.5 Å². The van der Waals surface area contributed by atoms with Crippen LogP contribution in [0, 0.1) is 6.92 Å². The Morgan fingerprint density at radius 2 is 1.80 bits per heavy atom. The quantitative estimate of drug-likeness (QED) is 0.674. The lowest BCUT2D eigenvalue weighted by Gasteiger charge is -2.35. The maximum atomic E-state index is 13.0. The molecule has 30 heavy (non-hydrogen) atoms. The Labute approximate surface area is 176 Å². The zero-order valence-electron chi connectivity index (χ0n) is 17.2. The molecule has 3 heterocycles. The van der Waals surface area contributed by atoms with E-state index < -0.39 is 0 Å². The van der Waals surface area contributed by atoms with Crippen LogP contribution in [0.15, 0.2) is 60.7 Å². The van der Waals surface area contributed by atoms with E-state index in [-0.39, 0.29) is 11.3 Å². The summed E-state index contributed by atoms with van der Waals surface area (Å²) < 4.78 is 5.99. The van der Waals surface area contributed by atoms with Crippen molar-refractivity contribution in [2.45, 2.75) is 31.8 Å². The van der Waals surface area contributed by atoms with Crippen LogP contribution in [-0.2, 0) is 28.0 Å². The summed E-state index contributed by atoms with van der Waals surface area (Å²) in [5.74, 6) is 0.918. The Kier molecular flexibility index (Phi) is 4.83. The third kappa shape index (κ3) is 3.39. The van der Waals surface area contributed by atoms with Crippen molar-refractivity contribution in [1.29, 1.82) is 0 Å². The van der Waals surface area contributed by atoms with Crippen molar-refractivity contribution < 1.29 is 9.53 Å². The summed E-state index contributed by atoms with van der Waals surface area (Å²) >= 11 is 0. The second-order valence-electron chi connectivity index (χ2n) is 8.33. The Bertz CT molecular complexity index is 1070. The van der Waals surface area contributed by atoms with Crippen LogP contribution in [0.1, 0.15) is 28.9 Å². The number of aryl methyl sites for hydroxylation is 1. The Morgan fingerprint density at radius 3 is 2.57 bits per heavy atom. The summed E-state index contributed by atoms with van der Waals surface area (Å²) in [5.41, 5.74) is 4.92. The smallest absolute Gasteiger partial charge is 0.227 e. The minimum Gasteiger partial charge on any atom is -0.376 e. The molecule has 5 heteroatoms. The summed E-state index contributed by atoms with van der Waals surface area (Å²) in [5, 5.41) is 0. The molecule has 0 N–H and O–H groups in total. The van der Waals surface area contributed by atoms with Crippen molar-refractivity contribution in [2.75, 3.05) is 19.7 Å². The van der Waals surface area contributed by atoms with Crippen LogP contribution in [-0.4, -0.2) is 40.5 Å². The van der Waals surface area contributed by atoms with Gasteiger partial charge in [0.1, 0.15) is 0 Å². The Balaban J connectivity index is 1.45. The highest BCUT2D eigenvalue weighted by molar-refractivity contribution is 5.79. The van der Waals surface area contributed by atoms with Gasteiger partial charge < -0.3 is 9.64 Å². The van der Waals surface area contributed by atoms with Gasteiger partial charge >= 0.3 is 0 Å². The van der Waals surface area contributed by atoms with Crippen LogP contribution in [0.3, 0.4) is 0 Å². The molecule has 5 nitrogen and oxygen atoms in total. The van der Waals surface area contributed by atoms with Gasteiger partial charge in [0.2, 0.25) is 5.91 Å². The SMILES string of the molecule is Cc1nc(-c2ccccc2)nc2c1COC[C@]21CCN(C(=O)Cc2ccccc2)C1. The number of fused-ring (bicyclic) bond motifs is 2. The topological polar surface area (TPSA) is 55.3 Å². The minimum atomic E-state index is -0.253. The monoisotopic (exact) mass is 399 g/mol. The maximum absolute atomic E-state index is 13.0. The molecule has 0 aliphatic carbocycles. The van der Waals surface area contributed by atoms with E-state index in [0.717, 1.165) is 46.9 Å². The van der Waals surface area contributed by atoms with Crippen molar-refractivity contribution in [2.24, 2.45) is 0 Å². The zero-order valence-corrected chi connectivity index (χ0v) is 17.2. The normalized spacial score (nSPS) is 20.4. The van der Waals surface area contributed by atoms with Crippen LogP contribution in [0.5, 0.6) is 0 Å². The molecule has 1 spiro atoms. The molecule has 0 saturated carbocycles. The molecule has 3 aromatic rings. The maximum Gasteiger partial charge on any atom is 0.227 e. The molecule has 5 rings (SSSR count). The summed E-state index contributed by atoms with van der Waals surface area (Å²) in [4.78, 5) is 24.7. The van der Waals surface area contributed by atoms with E-state index in [4.69, 9.17) is 14.7 Å². The van der Waals surface area contributed by atoms with Gasteiger partial charge in [-0.25, -0.2) is 9.97 Å². The van der Waals surface area contributed by atoms with Crippen LogP contribution in [0.2, 0.25) is 0 Å². The van der Waals surface area contributed by atoms with Crippen molar-refractivity contribution in [3.8, 4) is 11.4 Å². The lowest BCUT2D eigenvalue weighted by atomic mass is 9.80. The van der Waals surface area contributed by atoms with Crippen molar-refractivity contribution in [3.63, 3.8) is 0 Å². The highest BCUT2D eigenvalue weighted by Crippen LogP contribution is 2.40. The van der Waals surface area contributed by atoms with Gasteiger partial charge in [-0.3, -0.25) is 4.79 Å². The number of hydrogen-bond acceptors (Lipinski definition) is 4. The van der Waals surface area contributed by atoms with Crippen molar-refractivity contribution >= 4 is 5.91 Å². The number of benzene rings is 2. The molecule has 152 valence electrons. The van der Waals surface area contributed by atoms with Crippen LogP contribution < -0.4 is 0 Å². The average molecular weight is 399 g/mol. The number of hydrogen-bond donors (Lipinski definition) is 0. The Morgan fingerprint density at radius 1 is 1.07 bits per heavy atom. The number of aromatic nitrogens is 2. The van der Waals surface area contributed by atoms with Crippen LogP contribution in [0.25, 0.3) is 11.4 Å². The first-order valence-corrected chi connectivity index (χ1v) is 10.5. The van der Waals surface area contributed by atoms with E-state index in [9.17, 15) is 4.79 Å². The molecule has 1 aromatic heterocycles. The fourth-order valence-electron chi connectivity index (χ4n) is 4.62. The Hall–Kier alpha value is -3.05. The molecule has 0 radical (unpaired) electrons. The van der Waals surface area contributed by atoms with E-state index in [0.29, 0.717) is 26.2 Å². The average Bonchev–Trinajstić information content (AvgIpc) is 3.20. The molecule has 1 amide bonds. The molecular weight excluding hydrogens is 374 g/mol. The number of carbonyl (C=O) groups is 1. The second kappa shape index (κ2) is 7.65. The largest absolute Gasteiger partial charge is 0.376 e. The first-order chi connectivity index (χ1) is 14.6. The number of rotatable bonds is 3. The summed E-state index contributed by atoms with van der Waals surface area (Å²) in [6.45, 7) is 4.55. The van der Waals surface area contributed by atoms with E-state index in [2.05, 4.69) is 0 Å². The van der Waals surface area contributed by atoms with Gasteiger partial charge in [-0.15, -0.1) is 0 Å². The predicted molar refractivity (Wildman–Crippen MR) is 115 cm³/mol. The van der Waals surface area contributed by atoms with Gasteiger partial charge in [-0.05, 0) is 18.9 Å². The van der Waals surface area contributed by atoms with Crippen molar-refractivity contribution in [3.05, 3.63) is 83.2 Å². The summed E-state index contributed by atoms with van der Waals surface area (Å²) in [7, 11) is 0. The lowest BCUT2D eigenvalue weighted by molar-refractivity contribution is -0.129. The molecule has 0 bridgehead atoms. The highest BCUT2D eigenvalue weighted by atomic mass is 16.5. The van der Waals surface area contributed by atoms with Gasteiger partial charge in [-0.1, -0.05) is 60.7 Å². The van der Waals surface area contributed by atoms with Gasteiger partial charge in [0, 0.05) is 29.9 Å². The molecule has 1 saturated heterocycles. The number of likely N-dealkylation sites (tertiary alicyclic amines) is 1. The number of nitrogens with zero attached hydrogens (tertiary/aromatic N) is 3. The number of amides is 1. The molecular formula is C25H25N3O2. The van der Waals surface area contributed by atoms with Gasteiger partial charge in [-0.2, -0.15) is 0 Å². The zero-order chi connectivity index (χ0) is 20.6. The highest BCUT2D eigenvalue weighted by Gasteiger charge is 2.46. The second-order valence-corrected chi connectivity index (χ2v) is 8.33. The molecule has 2 aliphatic heterocycles. The van der Waals surface area contributed by atoms with Gasteiger partial charge in [0.25, 0.3) is 0 Å². The summed E-state index contributed by atoms with van der Waals surface area (Å²) in [6.07, 6.45) is 1.30. The van der Waals surface area contributed by atoms with Crippen molar-refractivity contribution in [1.82, 2.24) is 14.9 Å². The summed E-state index contributed by atoms with van der Waals surface area (Å²) in [6, 6.07) is 20.0. The third-order valence-corrected chi connectivity index (χ3v) is 6.28. The first kappa shape index (κ1) is 18.9. The van der Waals surface area contributed by atoms with E-state index in [1.165, 1.54) is 0 Å². The molecule has 2 aromatic carbocycles. The van der Waals surface area contributed by atoms with Gasteiger partial charge in [0.05, 0.1) is 30.7 Å². The van der Waals surface area contributed by atoms with E-state index in [1.54, 1.807) is 0 Å². The van der Waals surface area contributed by atoms with Crippen LogP contribution >= 0.6 is 0 Å². The number of carbonyl (C=O) groups excluding carboxylic acids is 1. The lowest BCUT2D eigenvalue weighted by Crippen LogP contribution is -2.42. The fourth-order valence-corrected chi connectivity index (χ4v) is 4.62. The third-order valence-electron chi connectivity index (χ3n) is 6.28. The van der Waals surface area contributed by atoms with E-state index >= 15 is 0 Å². The minimum absolute atomic E-state index is 0.166. The standard InChI is InChI=1S/C25H25N3O2/c1-18-21-15-30-17-25(23(21)27-24(26-18)20-10-6-3-7-11-20)12-13-28(16-25)22(29)14-19-8-4-2-5-9-19/h2-11H,12-17H2,1H3/t25-/m1/s1. The van der Waals surface area contributed by atoms with Crippen LogP contribution in [0.4, 0.5) is 0 Å². The molecule has 0 unspecified atom stereocenters.